The minimum Gasteiger partial charge on any atom is -0.479 e. The predicted molar refractivity (Wildman–Crippen MR) is 61.4 cm³/mol. The molecule has 1 rings (SSSR count). The van der Waals surface area contributed by atoms with Gasteiger partial charge in [0.25, 0.3) is 0 Å². The topological polar surface area (TPSA) is 86.6 Å². The number of hydrogen-bond acceptors (Lipinski definition) is 3. The molecule has 0 bridgehead atoms. The Balaban J connectivity index is 2.77. The number of aliphatic carboxylic acids is 1. The minimum atomic E-state index is -1.61. The van der Waals surface area contributed by atoms with Crippen LogP contribution in [-0.4, -0.2) is 34.2 Å². The first kappa shape index (κ1) is 13.2. The molecule has 92 valence electrons. The highest BCUT2D eigenvalue weighted by molar-refractivity contribution is 5.77. The number of carbonyl (C=O) groups excluding carboxylic acids is 1. The fourth-order valence-corrected chi connectivity index (χ4v) is 1.54. The largest absolute Gasteiger partial charge is 0.479 e. The predicted octanol–water partition coefficient (Wildman–Crippen LogP) is 0.179. The van der Waals surface area contributed by atoms with Gasteiger partial charge in [0.1, 0.15) is 0 Å². The van der Waals surface area contributed by atoms with Gasteiger partial charge in [-0.3, -0.25) is 4.79 Å². The van der Waals surface area contributed by atoms with E-state index >= 15 is 0 Å². The van der Waals surface area contributed by atoms with Gasteiger partial charge in [0.05, 0.1) is 6.04 Å². The summed E-state index contributed by atoms with van der Waals surface area (Å²) in [4.78, 5) is 21.7. The quantitative estimate of drug-likeness (QED) is 0.681. The molecule has 5 nitrogen and oxygen atoms in total. The number of carboxylic acids is 1. The number of nitrogens with one attached hydrogen (secondary N) is 1. The minimum absolute atomic E-state index is 0.272. The summed E-state index contributed by atoms with van der Waals surface area (Å²) in [5.41, 5.74) is 0.853. The van der Waals surface area contributed by atoms with Gasteiger partial charge in [0, 0.05) is 6.92 Å². The van der Waals surface area contributed by atoms with E-state index in [0.717, 1.165) is 5.56 Å². The Bertz CT molecular complexity index is 391. The summed E-state index contributed by atoms with van der Waals surface area (Å²) in [7, 11) is 0. The van der Waals surface area contributed by atoms with Gasteiger partial charge < -0.3 is 15.5 Å². The van der Waals surface area contributed by atoms with Crippen molar-refractivity contribution in [3.8, 4) is 0 Å². The van der Waals surface area contributed by atoms with Crippen LogP contribution in [-0.2, 0) is 16.0 Å². The lowest BCUT2D eigenvalue weighted by Gasteiger charge is -2.20. The molecule has 0 aliphatic carbocycles. The highest BCUT2D eigenvalue weighted by Gasteiger charge is 2.26. The van der Waals surface area contributed by atoms with Gasteiger partial charge in [-0.15, -0.1) is 0 Å². The number of benzene rings is 1. The smallest absolute Gasteiger partial charge is 0.334 e. The van der Waals surface area contributed by atoms with Gasteiger partial charge in [-0.1, -0.05) is 30.3 Å². The molecule has 0 aromatic heterocycles. The van der Waals surface area contributed by atoms with Crippen LogP contribution < -0.4 is 5.32 Å². The lowest BCUT2D eigenvalue weighted by molar-refractivity contribution is -0.148. The van der Waals surface area contributed by atoms with Crippen LogP contribution in [0.5, 0.6) is 0 Å². The lowest BCUT2D eigenvalue weighted by Crippen LogP contribution is -2.47. The van der Waals surface area contributed by atoms with Crippen molar-refractivity contribution in [1.82, 2.24) is 5.32 Å². The molecule has 0 saturated heterocycles. The second-order valence-corrected chi connectivity index (χ2v) is 3.78. The molecular weight excluding hydrogens is 222 g/mol. The van der Waals surface area contributed by atoms with Crippen LogP contribution in [0.15, 0.2) is 30.3 Å². The second kappa shape index (κ2) is 6.00. The summed E-state index contributed by atoms with van der Waals surface area (Å²) in [6.45, 7) is 1.28. The Labute approximate surface area is 99.1 Å². The molecule has 3 N–H and O–H groups in total. The average molecular weight is 237 g/mol. The van der Waals surface area contributed by atoms with Crippen molar-refractivity contribution in [2.24, 2.45) is 0 Å². The number of carboxylic acid groups (broad SMARTS) is 1. The normalized spacial score (nSPS) is 13.8. The van der Waals surface area contributed by atoms with Gasteiger partial charge in [-0.2, -0.15) is 0 Å². The van der Waals surface area contributed by atoms with Crippen LogP contribution in [0.2, 0.25) is 0 Å². The van der Waals surface area contributed by atoms with Crippen molar-refractivity contribution in [3.63, 3.8) is 0 Å². The third-order valence-electron chi connectivity index (χ3n) is 2.32. The zero-order chi connectivity index (χ0) is 12.8. The van der Waals surface area contributed by atoms with Crippen LogP contribution in [0.4, 0.5) is 0 Å². The highest BCUT2D eigenvalue weighted by Crippen LogP contribution is 2.06. The fraction of sp³-hybridized carbons (Fsp3) is 0.333. The van der Waals surface area contributed by atoms with Crippen molar-refractivity contribution < 1.29 is 19.8 Å². The second-order valence-electron chi connectivity index (χ2n) is 3.78. The standard InChI is InChI=1S/C12H15NO4/c1-8(14)13-10(11(15)12(16)17)7-9-5-3-2-4-6-9/h2-6,10-11,15H,7H2,1H3,(H,13,14)(H,16,17). The molecule has 17 heavy (non-hydrogen) atoms. The van der Waals surface area contributed by atoms with Gasteiger partial charge in [-0.25, -0.2) is 4.79 Å². The van der Waals surface area contributed by atoms with E-state index in [-0.39, 0.29) is 12.3 Å². The molecule has 0 radical (unpaired) electrons. The van der Waals surface area contributed by atoms with Crippen LogP contribution in [0.25, 0.3) is 0 Å². The summed E-state index contributed by atoms with van der Waals surface area (Å²) in [6.07, 6.45) is -1.34. The molecule has 5 heteroatoms. The number of aliphatic hydroxyl groups is 1. The van der Waals surface area contributed by atoms with Gasteiger partial charge in [-0.05, 0) is 12.0 Å². The molecule has 0 saturated carbocycles. The maximum Gasteiger partial charge on any atom is 0.334 e. The molecule has 2 atom stereocenters. The first-order chi connectivity index (χ1) is 8.00. The zero-order valence-corrected chi connectivity index (χ0v) is 9.46. The fourth-order valence-electron chi connectivity index (χ4n) is 1.54. The molecule has 0 spiro atoms. The number of aliphatic hydroxyl groups excluding tert-OH is 1. The maximum absolute atomic E-state index is 11.0. The maximum atomic E-state index is 11.0. The molecule has 0 aliphatic rings. The van der Waals surface area contributed by atoms with Crippen molar-refractivity contribution in [1.29, 1.82) is 0 Å². The summed E-state index contributed by atoms with van der Waals surface area (Å²) >= 11 is 0. The molecular formula is C12H15NO4. The Kier molecular flexibility index (Phi) is 4.66. The zero-order valence-electron chi connectivity index (χ0n) is 9.46. The summed E-state index contributed by atoms with van der Waals surface area (Å²) in [5, 5.41) is 20.7. The SMILES string of the molecule is CC(=O)NC(Cc1ccccc1)C(O)C(=O)O. The molecule has 1 aromatic carbocycles. The van der Waals surface area contributed by atoms with Crippen molar-refractivity contribution in [2.75, 3.05) is 0 Å². The molecule has 0 heterocycles. The van der Waals surface area contributed by atoms with E-state index in [2.05, 4.69) is 5.32 Å². The third-order valence-corrected chi connectivity index (χ3v) is 2.32. The Morgan fingerprint density at radius 2 is 1.88 bits per heavy atom. The van der Waals surface area contributed by atoms with E-state index in [1.165, 1.54) is 6.92 Å². The first-order valence-electron chi connectivity index (χ1n) is 5.22. The average Bonchev–Trinajstić information content (AvgIpc) is 2.28. The van der Waals surface area contributed by atoms with E-state index in [1.54, 1.807) is 0 Å². The van der Waals surface area contributed by atoms with Gasteiger partial charge in [0.15, 0.2) is 6.10 Å². The number of amides is 1. The van der Waals surface area contributed by atoms with Gasteiger partial charge >= 0.3 is 5.97 Å². The number of rotatable bonds is 5. The van der Waals surface area contributed by atoms with Crippen molar-refractivity contribution in [2.45, 2.75) is 25.5 Å². The summed E-state index contributed by atoms with van der Waals surface area (Å²) in [6, 6.07) is 8.25. The van der Waals surface area contributed by atoms with E-state index in [0.29, 0.717) is 0 Å². The van der Waals surface area contributed by atoms with Crippen LogP contribution >= 0.6 is 0 Å². The third kappa shape index (κ3) is 4.24. The van der Waals surface area contributed by atoms with E-state index < -0.39 is 18.1 Å². The highest BCUT2D eigenvalue weighted by atomic mass is 16.4. The van der Waals surface area contributed by atoms with Gasteiger partial charge in [0.2, 0.25) is 5.91 Å². The van der Waals surface area contributed by atoms with Crippen molar-refractivity contribution >= 4 is 11.9 Å². The molecule has 0 fully saturated rings. The van der Waals surface area contributed by atoms with E-state index in [1.807, 2.05) is 30.3 Å². The lowest BCUT2D eigenvalue weighted by atomic mass is 10.0. The van der Waals surface area contributed by atoms with Crippen LogP contribution in [0.1, 0.15) is 12.5 Å². The number of hydrogen-bond donors (Lipinski definition) is 3. The first-order valence-corrected chi connectivity index (χ1v) is 5.22. The monoisotopic (exact) mass is 237 g/mol. The van der Waals surface area contributed by atoms with Crippen molar-refractivity contribution in [3.05, 3.63) is 35.9 Å². The number of carbonyl (C=O) groups is 2. The molecule has 1 amide bonds. The van der Waals surface area contributed by atoms with E-state index in [9.17, 15) is 14.7 Å². The molecule has 1 aromatic rings. The Morgan fingerprint density at radius 1 is 1.29 bits per heavy atom. The Morgan fingerprint density at radius 3 is 2.35 bits per heavy atom. The summed E-state index contributed by atoms with van der Waals surface area (Å²) < 4.78 is 0. The molecule has 0 aliphatic heterocycles. The molecule has 2 unspecified atom stereocenters. The van der Waals surface area contributed by atoms with Crippen LogP contribution in [0.3, 0.4) is 0 Å². The summed E-state index contributed by atoms with van der Waals surface area (Å²) in [5.74, 6) is -1.72. The van der Waals surface area contributed by atoms with Crippen LogP contribution in [0, 0.1) is 0 Å². The Hall–Kier alpha value is -1.88. The van der Waals surface area contributed by atoms with E-state index in [4.69, 9.17) is 5.11 Å².